The van der Waals surface area contributed by atoms with Crippen LogP contribution >= 0.6 is 0 Å². The number of likely N-dealkylation sites (tertiary alicyclic amines) is 1. The van der Waals surface area contributed by atoms with Crippen molar-refractivity contribution < 1.29 is 9.53 Å². The van der Waals surface area contributed by atoms with Gasteiger partial charge in [-0.25, -0.2) is 4.79 Å². The number of carbonyl (C=O) groups is 1. The molecule has 0 radical (unpaired) electrons. The number of rotatable bonds is 3. The van der Waals surface area contributed by atoms with Crippen LogP contribution in [0.1, 0.15) is 45.2 Å². The highest BCUT2D eigenvalue weighted by atomic mass is 16.6. The summed E-state index contributed by atoms with van der Waals surface area (Å²) in [6.45, 7) is 12.9. The molecule has 1 heterocycles. The SMILES string of the molecule is Cc1ccc(CN2CC(C)CC(NC(=O)OC(C)(C)C)C2)cc1. The minimum absolute atomic E-state index is 0.152. The van der Waals surface area contributed by atoms with E-state index in [2.05, 4.69) is 48.3 Å². The highest BCUT2D eigenvalue weighted by Crippen LogP contribution is 2.19. The fraction of sp³-hybridized carbons (Fsp3) is 0.632. The highest BCUT2D eigenvalue weighted by molar-refractivity contribution is 5.68. The van der Waals surface area contributed by atoms with Gasteiger partial charge < -0.3 is 10.1 Å². The molecule has 23 heavy (non-hydrogen) atoms. The van der Waals surface area contributed by atoms with Crippen molar-refractivity contribution in [3.8, 4) is 0 Å². The Morgan fingerprint density at radius 2 is 1.91 bits per heavy atom. The molecular formula is C19H30N2O2. The number of carbonyl (C=O) groups excluding carboxylic acids is 1. The fourth-order valence-corrected chi connectivity index (χ4v) is 3.12. The van der Waals surface area contributed by atoms with Crippen LogP contribution in [0.5, 0.6) is 0 Å². The monoisotopic (exact) mass is 318 g/mol. The predicted octanol–water partition coefficient (Wildman–Crippen LogP) is 3.73. The maximum Gasteiger partial charge on any atom is 0.407 e. The predicted molar refractivity (Wildman–Crippen MR) is 93.4 cm³/mol. The normalized spacial score (nSPS) is 22.7. The van der Waals surface area contributed by atoms with Gasteiger partial charge in [-0.2, -0.15) is 0 Å². The van der Waals surface area contributed by atoms with Crippen LogP contribution in [0.4, 0.5) is 4.79 Å². The van der Waals surface area contributed by atoms with Gasteiger partial charge in [0.1, 0.15) is 5.60 Å². The largest absolute Gasteiger partial charge is 0.444 e. The summed E-state index contributed by atoms with van der Waals surface area (Å²) >= 11 is 0. The molecule has 1 fully saturated rings. The summed E-state index contributed by atoms with van der Waals surface area (Å²) in [6, 6.07) is 8.83. The zero-order valence-corrected chi connectivity index (χ0v) is 15.1. The Hall–Kier alpha value is -1.55. The molecule has 1 aromatic carbocycles. The smallest absolute Gasteiger partial charge is 0.407 e. The van der Waals surface area contributed by atoms with Crippen LogP contribution in [0.2, 0.25) is 0 Å². The fourth-order valence-electron chi connectivity index (χ4n) is 3.12. The van der Waals surface area contributed by atoms with Crippen molar-refractivity contribution in [2.24, 2.45) is 5.92 Å². The first-order valence-corrected chi connectivity index (χ1v) is 8.48. The quantitative estimate of drug-likeness (QED) is 0.923. The van der Waals surface area contributed by atoms with Crippen molar-refractivity contribution in [1.82, 2.24) is 10.2 Å². The average Bonchev–Trinajstić information content (AvgIpc) is 2.38. The molecule has 0 saturated carbocycles. The molecule has 4 heteroatoms. The maximum atomic E-state index is 12.0. The maximum absolute atomic E-state index is 12.0. The number of ether oxygens (including phenoxy) is 1. The van der Waals surface area contributed by atoms with Crippen LogP contribution in [-0.2, 0) is 11.3 Å². The lowest BCUT2D eigenvalue weighted by Crippen LogP contribution is -2.50. The van der Waals surface area contributed by atoms with E-state index in [4.69, 9.17) is 4.74 Å². The van der Waals surface area contributed by atoms with Crippen LogP contribution in [0.3, 0.4) is 0 Å². The summed E-state index contributed by atoms with van der Waals surface area (Å²) < 4.78 is 5.37. The summed E-state index contributed by atoms with van der Waals surface area (Å²) in [7, 11) is 0. The molecule has 0 spiro atoms. The number of aryl methyl sites for hydroxylation is 1. The van der Waals surface area contributed by atoms with Crippen molar-refractivity contribution in [1.29, 1.82) is 0 Å². The van der Waals surface area contributed by atoms with Gasteiger partial charge in [0.2, 0.25) is 0 Å². The standard InChI is InChI=1S/C19H30N2O2/c1-14-6-8-16(9-7-14)12-21-11-15(2)10-17(13-21)20-18(22)23-19(3,4)5/h6-9,15,17H,10-13H2,1-5H3,(H,20,22). The molecule has 1 amide bonds. The van der Waals surface area contributed by atoms with E-state index in [1.165, 1.54) is 11.1 Å². The molecule has 0 aliphatic carbocycles. The lowest BCUT2D eigenvalue weighted by atomic mass is 9.95. The lowest BCUT2D eigenvalue weighted by molar-refractivity contribution is 0.0450. The van der Waals surface area contributed by atoms with Gasteiger partial charge in [-0.3, -0.25) is 4.90 Å². The van der Waals surface area contributed by atoms with Crippen LogP contribution in [0.25, 0.3) is 0 Å². The molecule has 128 valence electrons. The Balaban J connectivity index is 1.90. The van der Waals surface area contributed by atoms with E-state index in [9.17, 15) is 4.79 Å². The van der Waals surface area contributed by atoms with Crippen molar-refractivity contribution in [2.45, 2.75) is 59.2 Å². The zero-order valence-electron chi connectivity index (χ0n) is 15.1. The Labute approximate surface area is 140 Å². The lowest BCUT2D eigenvalue weighted by Gasteiger charge is -2.37. The van der Waals surface area contributed by atoms with Crippen molar-refractivity contribution in [2.75, 3.05) is 13.1 Å². The van der Waals surface area contributed by atoms with Gasteiger partial charge in [0, 0.05) is 25.7 Å². The molecule has 1 N–H and O–H groups in total. The van der Waals surface area contributed by atoms with Crippen LogP contribution in [0, 0.1) is 12.8 Å². The number of alkyl carbamates (subject to hydrolysis) is 1. The van der Waals surface area contributed by atoms with Crippen molar-refractivity contribution >= 4 is 6.09 Å². The number of piperidine rings is 1. The van der Waals surface area contributed by atoms with E-state index < -0.39 is 5.60 Å². The van der Waals surface area contributed by atoms with Gasteiger partial charge in [0.15, 0.2) is 0 Å². The molecule has 1 aliphatic heterocycles. The van der Waals surface area contributed by atoms with Gasteiger partial charge >= 0.3 is 6.09 Å². The summed E-state index contributed by atoms with van der Waals surface area (Å²) in [5.41, 5.74) is 2.15. The minimum Gasteiger partial charge on any atom is -0.444 e. The number of benzene rings is 1. The molecule has 1 saturated heterocycles. The average molecular weight is 318 g/mol. The first kappa shape index (κ1) is 17.8. The van der Waals surface area contributed by atoms with Gasteiger partial charge in [-0.15, -0.1) is 0 Å². The third-order valence-electron chi connectivity index (χ3n) is 3.98. The van der Waals surface area contributed by atoms with Crippen LogP contribution in [0.15, 0.2) is 24.3 Å². The Kier molecular flexibility index (Phi) is 5.69. The van der Waals surface area contributed by atoms with Crippen molar-refractivity contribution in [3.05, 3.63) is 35.4 Å². The summed E-state index contributed by atoms with van der Waals surface area (Å²) in [5.74, 6) is 0.564. The third-order valence-corrected chi connectivity index (χ3v) is 3.98. The molecule has 0 aromatic heterocycles. The van der Waals surface area contributed by atoms with Gasteiger partial charge in [0.05, 0.1) is 0 Å². The molecule has 1 aliphatic rings. The van der Waals surface area contributed by atoms with E-state index in [1.54, 1.807) is 0 Å². The molecule has 2 rings (SSSR count). The van der Waals surface area contributed by atoms with Gasteiger partial charge in [0.25, 0.3) is 0 Å². The molecule has 2 atom stereocenters. The zero-order chi connectivity index (χ0) is 17.0. The second-order valence-corrected chi connectivity index (χ2v) is 7.86. The van der Waals surface area contributed by atoms with Crippen LogP contribution in [-0.4, -0.2) is 35.7 Å². The topological polar surface area (TPSA) is 41.6 Å². The van der Waals surface area contributed by atoms with Gasteiger partial charge in [-0.1, -0.05) is 36.8 Å². The number of nitrogens with one attached hydrogen (secondary N) is 1. The van der Waals surface area contributed by atoms with E-state index in [0.29, 0.717) is 5.92 Å². The first-order chi connectivity index (χ1) is 10.7. The van der Waals surface area contributed by atoms with Crippen LogP contribution < -0.4 is 5.32 Å². The molecule has 0 bridgehead atoms. The highest BCUT2D eigenvalue weighted by Gasteiger charge is 2.27. The summed E-state index contributed by atoms with van der Waals surface area (Å²) in [5, 5.41) is 3.03. The molecule has 2 unspecified atom stereocenters. The van der Waals surface area contributed by atoms with E-state index in [-0.39, 0.29) is 12.1 Å². The second kappa shape index (κ2) is 7.35. The van der Waals surface area contributed by atoms with E-state index in [0.717, 1.165) is 26.1 Å². The summed E-state index contributed by atoms with van der Waals surface area (Å²) in [4.78, 5) is 14.4. The Morgan fingerprint density at radius 1 is 1.26 bits per heavy atom. The summed E-state index contributed by atoms with van der Waals surface area (Å²) in [6.07, 6.45) is 0.691. The number of hydrogen-bond acceptors (Lipinski definition) is 3. The van der Waals surface area contributed by atoms with E-state index >= 15 is 0 Å². The molecule has 4 nitrogen and oxygen atoms in total. The number of hydrogen-bond donors (Lipinski definition) is 1. The van der Waals surface area contributed by atoms with E-state index in [1.807, 2.05) is 20.8 Å². The molecular weight excluding hydrogens is 288 g/mol. The first-order valence-electron chi connectivity index (χ1n) is 8.48. The molecule has 1 aromatic rings. The Bertz CT molecular complexity index is 519. The minimum atomic E-state index is -0.452. The third kappa shape index (κ3) is 6.22. The number of nitrogens with zero attached hydrogens (tertiary/aromatic N) is 1. The van der Waals surface area contributed by atoms with Gasteiger partial charge in [-0.05, 0) is 45.6 Å². The number of amides is 1. The second-order valence-electron chi connectivity index (χ2n) is 7.86. The Morgan fingerprint density at radius 3 is 2.52 bits per heavy atom. The van der Waals surface area contributed by atoms with Crippen molar-refractivity contribution in [3.63, 3.8) is 0 Å².